The number of anilines is 2. The van der Waals surface area contributed by atoms with E-state index in [0.29, 0.717) is 17.4 Å². The van der Waals surface area contributed by atoms with Crippen LogP contribution in [0.15, 0.2) is 90.4 Å². The zero-order valence-corrected chi connectivity index (χ0v) is 22.0. The smallest absolute Gasteiger partial charge is 0.341 e. The van der Waals surface area contributed by atoms with E-state index in [1.54, 1.807) is 28.8 Å². The molecule has 0 radical (unpaired) electrons. The molecular weight excluding hydrogens is 508 g/mol. The molecule has 1 saturated heterocycles. The molecule has 0 atom stereocenters. The number of carboxylic acids is 1. The average Bonchev–Trinajstić information content (AvgIpc) is 3.51. The van der Waals surface area contributed by atoms with Crippen LogP contribution in [-0.4, -0.2) is 63.7 Å². The lowest BCUT2D eigenvalue weighted by Gasteiger charge is -2.38. The van der Waals surface area contributed by atoms with Gasteiger partial charge in [-0.3, -0.25) is 4.79 Å². The van der Waals surface area contributed by atoms with Crippen LogP contribution in [0, 0.1) is 0 Å². The van der Waals surface area contributed by atoms with Crippen molar-refractivity contribution < 1.29 is 14.6 Å². The fourth-order valence-electron chi connectivity index (χ4n) is 5.24. The third-order valence-electron chi connectivity index (χ3n) is 7.32. The van der Waals surface area contributed by atoms with Gasteiger partial charge in [0.2, 0.25) is 5.43 Å². The number of aromatic nitrogens is 4. The van der Waals surface area contributed by atoms with Gasteiger partial charge in [0.05, 0.1) is 24.9 Å². The zero-order chi connectivity index (χ0) is 27.6. The second-order valence-corrected chi connectivity index (χ2v) is 9.65. The van der Waals surface area contributed by atoms with Gasteiger partial charge in [0.1, 0.15) is 24.0 Å². The van der Waals surface area contributed by atoms with Gasteiger partial charge in [-0.1, -0.05) is 24.3 Å². The van der Waals surface area contributed by atoms with E-state index in [4.69, 9.17) is 4.74 Å². The summed E-state index contributed by atoms with van der Waals surface area (Å²) in [5.41, 5.74) is 3.73. The van der Waals surface area contributed by atoms with Crippen molar-refractivity contribution in [2.24, 2.45) is 0 Å². The maximum Gasteiger partial charge on any atom is 0.341 e. The predicted octanol–water partition coefficient (Wildman–Crippen LogP) is 3.66. The summed E-state index contributed by atoms with van der Waals surface area (Å²) < 4.78 is 9.06. The molecule has 0 aliphatic carbocycles. The summed E-state index contributed by atoms with van der Waals surface area (Å²) in [5, 5.41) is 14.3. The number of piperazine rings is 1. The molecule has 2 aromatic heterocycles. The van der Waals surface area contributed by atoms with E-state index in [1.165, 1.54) is 12.5 Å². The predicted molar refractivity (Wildman–Crippen MR) is 153 cm³/mol. The summed E-state index contributed by atoms with van der Waals surface area (Å²) in [7, 11) is 1.68. The quantitative estimate of drug-likeness (QED) is 0.336. The molecule has 0 saturated carbocycles. The van der Waals surface area contributed by atoms with E-state index in [1.807, 2.05) is 54.6 Å². The van der Waals surface area contributed by atoms with E-state index in [9.17, 15) is 14.7 Å². The molecule has 1 aliphatic rings. The van der Waals surface area contributed by atoms with Crippen molar-refractivity contribution in [1.29, 1.82) is 0 Å². The number of carbonyl (C=O) groups is 1. The Morgan fingerprint density at radius 3 is 2.38 bits per heavy atom. The number of pyridine rings is 1. The summed E-state index contributed by atoms with van der Waals surface area (Å²) in [4.78, 5) is 33.6. The number of fused-ring (bicyclic) bond motifs is 1. The molecule has 10 nitrogen and oxygen atoms in total. The number of nitrogens with zero attached hydrogens (tertiary/aromatic N) is 6. The fourth-order valence-corrected chi connectivity index (χ4v) is 5.24. The molecule has 202 valence electrons. The molecule has 1 aliphatic heterocycles. The minimum Gasteiger partial charge on any atom is -0.495 e. The molecule has 0 bridgehead atoms. The minimum atomic E-state index is -1.25. The number of methoxy groups -OCH3 is 1. The monoisotopic (exact) mass is 536 g/mol. The number of benzene rings is 3. The van der Waals surface area contributed by atoms with E-state index < -0.39 is 11.4 Å². The molecule has 1 fully saturated rings. The summed E-state index contributed by atoms with van der Waals surface area (Å²) in [5.74, 6) is -0.396. The molecule has 3 heterocycles. The van der Waals surface area contributed by atoms with Crippen LogP contribution in [0.4, 0.5) is 11.4 Å². The zero-order valence-electron chi connectivity index (χ0n) is 22.0. The first-order valence-electron chi connectivity index (χ1n) is 13.0. The number of aromatic carboxylic acids is 1. The van der Waals surface area contributed by atoms with E-state index >= 15 is 0 Å². The molecule has 10 heteroatoms. The molecule has 40 heavy (non-hydrogen) atoms. The number of hydrogen-bond acceptors (Lipinski definition) is 7. The molecule has 0 spiro atoms. The topological polar surface area (TPSA) is 106 Å². The first-order valence-corrected chi connectivity index (χ1v) is 13.0. The first kappa shape index (κ1) is 25.2. The lowest BCUT2D eigenvalue weighted by molar-refractivity contribution is 0.0695. The van der Waals surface area contributed by atoms with Crippen LogP contribution in [0.25, 0.3) is 16.6 Å². The van der Waals surface area contributed by atoms with Gasteiger partial charge >= 0.3 is 5.97 Å². The molecule has 1 N–H and O–H groups in total. The molecule has 0 unspecified atom stereocenters. The number of carboxylic acid groups (broad SMARTS) is 1. The van der Waals surface area contributed by atoms with Crippen molar-refractivity contribution in [3.63, 3.8) is 0 Å². The Labute approximate surface area is 230 Å². The SMILES string of the molecule is COc1ccccc1N1CCN(c2ccc3c(=O)c(C(=O)O)cn(-c4ccc(Cn5cncn5)cc4)c3c2)CC1. The molecular formula is C30H28N6O4. The van der Waals surface area contributed by atoms with Gasteiger partial charge in [-0.05, 0) is 48.0 Å². The van der Waals surface area contributed by atoms with E-state index in [0.717, 1.165) is 54.6 Å². The third kappa shape index (κ3) is 4.75. The van der Waals surface area contributed by atoms with Crippen molar-refractivity contribution >= 4 is 28.2 Å². The van der Waals surface area contributed by atoms with Gasteiger partial charge in [-0.15, -0.1) is 0 Å². The second kappa shape index (κ2) is 10.6. The average molecular weight is 537 g/mol. The Morgan fingerprint density at radius 2 is 1.68 bits per heavy atom. The third-order valence-corrected chi connectivity index (χ3v) is 7.32. The Kier molecular flexibility index (Phi) is 6.65. The van der Waals surface area contributed by atoms with Crippen LogP contribution in [0.2, 0.25) is 0 Å². The maximum absolute atomic E-state index is 13.1. The van der Waals surface area contributed by atoms with Gasteiger partial charge in [0.25, 0.3) is 0 Å². The largest absolute Gasteiger partial charge is 0.495 e. The molecule has 6 rings (SSSR count). The summed E-state index contributed by atoms with van der Waals surface area (Å²) in [6.45, 7) is 3.78. The Balaban J connectivity index is 1.33. The Bertz CT molecular complexity index is 1720. The van der Waals surface area contributed by atoms with Gasteiger partial charge in [-0.2, -0.15) is 5.10 Å². The number of rotatable bonds is 7. The Morgan fingerprint density at radius 1 is 0.950 bits per heavy atom. The lowest BCUT2D eigenvalue weighted by atomic mass is 10.1. The van der Waals surface area contributed by atoms with E-state index in [2.05, 4.69) is 25.9 Å². The number of para-hydroxylation sites is 2. The normalized spacial score (nSPS) is 13.5. The Hall–Kier alpha value is -5.12. The van der Waals surface area contributed by atoms with Crippen molar-refractivity contribution in [2.75, 3.05) is 43.1 Å². The summed E-state index contributed by atoms with van der Waals surface area (Å²) in [6.07, 6.45) is 4.56. The van der Waals surface area contributed by atoms with Gasteiger partial charge < -0.3 is 24.2 Å². The molecule has 5 aromatic rings. The highest BCUT2D eigenvalue weighted by Gasteiger charge is 2.22. The van der Waals surface area contributed by atoms with Crippen molar-refractivity contribution in [2.45, 2.75) is 6.54 Å². The van der Waals surface area contributed by atoms with Crippen LogP contribution < -0.4 is 20.0 Å². The van der Waals surface area contributed by atoms with Gasteiger partial charge in [0, 0.05) is 49.1 Å². The van der Waals surface area contributed by atoms with Gasteiger partial charge in [-0.25, -0.2) is 14.5 Å². The number of hydrogen-bond donors (Lipinski definition) is 1. The van der Waals surface area contributed by atoms with Crippen molar-refractivity contribution in [3.05, 3.63) is 107 Å². The summed E-state index contributed by atoms with van der Waals surface area (Å²) in [6, 6.07) is 21.4. The highest BCUT2D eigenvalue weighted by atomic mass is 16.5. The van der Waals surface area contributed by atoms with Crippen LogP contribution in [0.3, 0.4) is 0 Å². The van der Waals surface area contributed by atoms with Crippen molar-refractivity contribution in [3.8, 4) is 11.4 Å². The van der Waals surface area contributed by atoms with Crippen LogP contribution >= 0.6 is 0 Å². The molecule has 0 amide bonds. The molecule has 3 aromatic carbocycles. The van der Waals surface area contributed by atoms with Crippen molar-refractivity contribution in [1.82, 2.24) is 19.3 Å². The second-order valence-electron chi connectivity index (χ2n) is 9.65. The first-order chi connectivity index (χ1) is 19.5. The maximum atomic E-state index is 13.1. The van der Waals surface area contributed by atoms with Crippen LogP contribution in [0.1, 0.15) is 15.9 Å². The minimum absolute atomic E-state index is 0.266. The highest BCUT2D eigenvalue weighted by molar-refractivity contribution is 5.94. The van der Waals surface area contributed by atoms with Crippen LogP contribution in [0.5, 0.6) is 5.75 Å². The highest BCUT2D eigenvalue weighted by Crippen LogP contribution is 2.30. The van der Waals surface area contributed by atoms with Gasteiger partial charge in [0.15, 0.2) is 0 Å². The lowest BCUT2D eigenvalue weighted by Crippen LogP contribution is -2.46. The fraction of sp³-hybridized carbons (Fsp3) is 0.200. The number of ether oxygens (including phenoxy) is 1. The standard InChI is InChI=1S/C30H28N6O4/c1-40-28-5-3-2-4-26(28)34-14-12-33(13-15-34)23-10-11-24-27(16-23)36(18-25(29(24)37)30(38)39)22-8-6-21(7-9-22)17-35-20-31-19-32-35/h2-11,16,18-20H,12-15,17H2,1H3,(H,38,39). The van der Waals surface area contributed by atoms with Crippen LogP contribution in [-0.2, 0) is 6.54 Å². The van der Waals surface area contributed by atoms with E-state index in [-0.39, 0.29) is 5.56 Å². The summed E-state index contributed by atoms with van der Waals surface area (Å²) >= 11 is 0.